The molecular formula is C35H62O14S. The van der Waals surface area contributed by atoms with Gasteiger partial charge < -0.3 is 47.4 Å². The summed E-state index contributed by atoms with van der Waals surface area (Å²) < 4.78 is 83.0. The third-order valence-electron chi connectivity index (χ3n) is 6.70. The van der Waals surface area contributed by atoms with Crippen molar-refractivity contribution in [3.05, 3.63) is 30.3 Å². The molecule has 0 saturated heterocycles. The second-order valence-corrected chi connectivity index (χ2v) is 12.5. The Morgan fingerprint density at radius 3 is 1.20 bits per heavy atom. The van der Waals surface area contributed by atoms with E-state index >= 15 is 0 Å². The number of rotatable bonds is 39. The molecule has 0 aliphatic heterocycles. The number of carbonyl (C=O) groups is 1. The molecule has 0 amide bonds. The summed E-state index contributed by atoms with van der Waals surface area (Å²) in [7, 11) is -3.76. The number of ether oxygens (including phenoxy) is 10. The molecule has 0 atom stereocenters. The molecule has 15 heteroatoms. The first-order chi connectivity index (χ1) is 24.6. The lowest BCUT2D eigenvalue weighted by Crippen LogP contribution is -2.16. The molecule has 292 valence electrons. The van der Waals surface area contributed by atoms with Gasteiger partial charge in [-0.3, -0.25) is 8.98 Å². The fraction of sp³-hybridized carbons (Fsp3) is 0.800. The van der Waals surface area contributed by atoms with Crippen molar-refractivity contribution in [2.24, 2.45) is 0 Å². The molecule has 1 aromatic carbocycles. The number of unbranched alkanes of at least 4 members (excludes halogenated alkanes) is 5. The Hall–Kier alpha value is -1.76. The first kappa shape index (κ1) is 46.3. The third-order valence-corrected chi connectivity index (χ3v) is 8.03. The van der Waals surface area contributed by atoms with Gasteiger partial charge in [0.05, 0.1) is 130 Å². The van der Waals surface area contributed by atoms with Crippen molar-refractivity contribution in [3.63, 3.8) is 0 Å². The summed E-state index contributed by atoms with van der Waals surface area (Å²) in [6.07, 6.45) is 7.38. The van der Waals surface area contributed by atoms with E-state index in [2.05, 4.69) is 6.92 Å². The second kappa shape index (κ2) is 35.6. The second-order valence-electron chi connectivity index (χ2n) is 10.8. The molecule has 50 heavy (non-hydrogen) atoms. The molecule has 0 unspecified atom stereocenters. The summed E-state index contributed by atoms with van der Waals surface area (Å²) in [6, 6.07) is 7.97. The largest absolute Gasteiger partial charge is 0.463 e. The molecule has 0 N–H and O–H groups in total. The maximum absolute atomic E-state index is 12.0. The molecule has 0 fully saturated rings. The Morgan fingerprint density at radius 1 is 0.460 bits per heavy atom. The Balaban J connectivity index is 1.67. The van der Waals surface area contributed by atoms with Crippen LogP contribution in [0.25, 0.3) is 0 Å². The van der Waals surface area contributed by atoms with E-state index in [1.54, 1.807) is 18.2 Å². The highest BCUT2D eigenvalue weighted by Crippen LogP contribution is 2.11. The lowest BCUT2D eigenvalue weighted by molar-refractivity contribution is -0.145. The minimum absolute atomic E-state index is 0.0613. The first-order valence-electron chi connectivity index (χ1n) is 17.9. The maximum Gasteiger partial charge on any atom is 0.305 e. The smallest absolute Gasteiger partial charge is 0.305 e. The van der Waals surface area contributed by atoms with E-state index in [4.69, 9.17) is 51.6 Å². The number of hydrogen-bond donors (Lipinski definition) is 0. The molecule has 1 rings (SSSR count). The lowest BCUT2D eigenvalue weighted by Gasteiger charge is -2.09. The summed E-state index contributed by atoms with van der Waals surface area (Å²) in [5.41, 5.74) is 0. The van der Waals surface area contributed by atoms with Gasteiger partial charge in [0.2, 0.25) is 0 Å². The van der Waals surface area contributed by atoms with Crippen LogP contribution in [0.5, 0.6) is 0 Å². The standard InChI is InChI=1S/C35H62O14S/c1-2-3-4-5-6-10-13-35(36)48-32-30-46-28-26-44-24-22-42-20-18-40-16-14-39-15-17-41-19-21-43-23-25-45-27-29-47-31-33-49-50(37,38)34-11-8-7-9-12-34/h7-9,11-12H,2-6,10,13-33H2,1H3. The zero-order chi connectivity index (χ0) is 36.1. The monoisotopic (exact) mass is 738 g/mol. The van der Waals surface area contributed by atoms with Gasteiger partial charge in [-0.05, 0) is 18.6 Å². The molecule has 0 aromatic heterocycles. The van der Waals surface area contributed by atoms with Gasteiger partial charge in [-0.15, -0.1) is 0 Å². The maximum atomic E-state index is 12.0. The predicted octanol–water partition coefficient (Wildman–Crippen LogP) is 3.84. The van der Waals surface area contributed by atoms with Crippen LogP contribution in [-0.4, -0.2) is 147 Å². The topological polar surface area (TPSA) is 153 Å². The van der Waals surface area contributed by atoms with Crippen LogP contribution in [0.2, 0.25) is 0 Å². The summed E-state index contributed by atoms with van der Waals surface area (Å²) in [4.78, 5) is 11.8. The van der Waals surface area contributed by atoms with Gasteiger partial charge in [0.1, 0.15) is 6.61 Å². The van der Waals surface area contributed by atoms with Crippen molar-refractivity contribution in [2.75, 3.05) is 132 Å². The average molecular weight is 739 g/mol. The van der Waals surface area contributed by atoms with Gasteiger partial charge in [-0.25, -0.2) is 0 Å². The van der Waals surface area contributed by atoms with Crippen molar-refractivity contribution in [1.29, 1.82) is 0 Å². The van der Waals surface area contributed by atoms with Gasteiger partial charge in [0.25, 0.3) is 10.1 Å². The average Bonchev–Trinajstić information content (AvgIpc) is 3.12. The van der Waals surface area contributed by atoms with Crippen LogP contribution in [0.1, 0.15) is 51.9 Å². The Labute approximate surface area is 299 Å². The van der Waals surface area contributed by atoms with Crippen molar-refractivity contribution >= 4 is 16.1 Å². The van der Waals surface area contributed by atoms with Crippen LogP contribution in [0.15, 0.2) is 35.2 Å². The van der Waals surface area contributed by atoms with Crippen LogP contribution >= 0.6 is 0 Å². The van der Waals surface area contributed by atoms with Crippen LogP contribution in [-0.2, 0) is 66.5 Å². The minimum Gasteiger partial charge on any atom is -0.463 e. The Bertz CT molecular complexity index is 967. The van der Waals surface area contributed by atoms with E-state index in [1.165, 1.54) is 37.8 Å². The highest BCUT2D eigenvalue weighted by atomic mass is 32.2. The summed E-state index contributed by atoms with van der Waals surface area (Å²) in [6.45, 7) is 10.1. The van der Waals surface area contributed by atoms with E-state index in [9.17, 15) is 13.2 Å². The van der Waals surface area contributed by atoms with Gasteiger partial charge in [-0.2, -0.15) is 8.42 Å². The Morgan fingerprint density at radius 2 is 0.800 bits per heavy atom. The van der Waals surface area contributed by atoms with Crippen molar-refractivity contribution in [3.8, 4) is 0 Å². The van der Waals surface area contributed by atoms with E-state index in [1.807, 2.05) is 0 Å². The summed E-state index contributed by atoms with van der Waals surface area (Å²) in [5, 5.41) is 0. The molecule has 0 spiro atoms. The fourth-order valence-corrected chi connectivity index (χ4v) is 4.97. The predicted molar refractivity (Wildman–Crippen MR) is 186 cm³/mol. The number of carbonyl (C=O) groups excluding carboxylic acids is 1. The van der Waals surface area contributed by atoms with Gasteiger partial charge >= 0.3 is 5.97 Å². The molecular weight excluding hydrogens is 676 g/mol. The van der Waals surface area contributed by atoms with E-state index < -0.39 is 10.1 Å². The number of hydrogen-bond acceptors (Lipinski definition) is 14. The molecule has 0 aliphatic carbocycles. The molecule has 14 nitrogen and oxygen atoms in total. The van der Waals surface area contributed by atoms with Crippen molar-refractivity contribution < 1.29 is 64.8 Å². The Kier molecular flexibility index (Phi) is 33.0. The molecule has 0 saturated carbocycles. The van der Waals surface area contributed by atoms with Crippen molar-refractivity contribution in [2.45, 2.75) is 56.8 Å². The highest BCUT2D eigenvalue weighted by molar-refractivity contribution is 7.86. The SMILES string of the molecule is CCCCCCCCC(=O)OCCOCCOCCOCCOCCOCCOCCOCCOCCOCCOS(=O)(=O)c1ccccc1. The van der Waals surface area contributed by atoms with Crippen LogP contribution in [0.3, 0.4) is 0 Å². The van der Waals surface area contributed by atoms with Crippen LogP contribution < -0.4 is 0 Å². The normalized spacial score (nSPS) is 11.7. The van der Waals surface area contributed by atoms with E-state index in [-0.39, 0.29) is 30.7 Å². The molecule has 0 aliphatic rings. The highest BCUT2D eigenvalue weighted by Gasteiger charge is 2.13. The van der Waals surface area contributed by atoms with E-state index in [0.29, 0.717) is 119 Å². The fourth-order valence-electron chi connectivity index (χ4n) is 4.06. The molecule has 0 heterocycles. The van der Waals surface area contributed by atoms with Gasteiger partial charge in [-0.1, -0.05) is 57.2 Å². The summed E-state index contributed by atoms with van der Waals surface area (Å²) in [5.74, 6) is -0.151. The van der Waals surface area contributed by atoms with Crippen LogP contribution in [0, 0.1) is 0 Å². The molecule has 0 radical (unpaired) electrons. The quantitative estimate of drug-likeness (QED) is 0.0546. The van der Waals surface area contributed by atoms with Gasteiger partial charge in [0.15, 0.2) is 0 Å². The summed E-state index contributed by atoms with van der Waals surface area (Å²) >= 11 is 0. The van der Waals surface area contributed by atoms with Gasteiger partial charge in [0, 0.05) is 6.42 Å². The minimum atomic E-state index is -3.76. The lowest BCUT2D eigenvalue weighted by atomic mass is 10.1. The zero-order valence-electron chi connectivity index (χ0n) is 30.1. The molecule has 0 bridgehead atoms. The first-order valence-corrected chi connectivity index (χ1v) is 19.3. The number of benzene rings is 1. The van der Waals surface area contributed by atoms with E-state index in [0.717, 1.165) is 12.8 Å². The van der Waals surface area contributed by atoms with Crippen LogP contribution in [0.4, 0.5) is 0 Å². The van der Waals surface area contributed by atoms with Crippen molar-refractivity contribution in [1.82, 2.24) is 0 Å². The zero-order valence-corrected chi connectivity index (χ0v) is 30.9. The number of esters is 1. The third kappa shape index (κ3) is 31.0. The molecule has 1 aromatic rings.